The van der Waals surface area contributed by atoms with Gasteiger partial charge < -0.3 is 10.6 Å². The highest BCUT2D eigenvalue weighted by Gasteiger charge is 2.20. The van der Waals surface area contributed by atoms with Crippen LogP contribution in [-0.2, 0) is 5.75 Å². The van der Waals surface area contributed by atoms with E-state index >= 15 is 0 Å². The van der Waals surface area contributed by atoms with Gasteiger partial charge in [0.1, 0.15) is 0 Å². The van der Waals surface area contributed by atoms with E-state index in [1.807, 2.05) is 11.8 Å². The third-order valence-corrected chi connectivity index (χ3v) is 4.38. The Balaban J connectivity index is 0.00000162. The normalized spacial score (nSPS) is 19.7. The quantitative estimate of drug-likeness (QED) is 0.815. The first-order valence-corrected chi connectivity index (χ1v) is 7.58. The van der Waals surface area contributed by atoms with Crippen molar-refractivity contribution in [1.82, 2.24) is 4.90 Å². The van der Waals surface area contributed by atoms with Crippen molar-refractivity contribution in [3.05, 3.63) is 35.9 Å². The number of rotatable bonds is 6. The largest absolute Gasteiger partial charge is 0.330 e. The maximum atomic E-state index is 5.69. The molecule has 1 unspecified atom stereocenters. The van der Waals surface area contributed by atoms with E-state index in [9.17, 15) is 0 Å². The Morgan fingerprint density at radius 2 is 2.06 bits per heavy atom. The van der Waals surface area contributed by atoms with Crippen LogP contribution in [0.1, 0.15) is 12.0 Å². The van der Waals surface area contributed by atoms with Gasteiger partial charge in [-0.2, -0.15) is 11.8 Å². The van der Waals surface area contributed by atoms with E-state index < -0.39 is 0 Å². The van der Waals surface area contributed by atoms with Gasteiger partial charge in [-0.25, -0.2) is 0 Å². The van der Waals surface area contributed by atoms with Crippen LogP contribution in [0.4, 0.5) is 0 Å². The van der Waals surface area contributed by atoms with Crippen molar-refractivity contribution < 1.29 is 0 Å². The summed E-state index contributed by atoms with van der Waals surface area (Å²) >= 11 is 2.03. The summed E-state index contributed by atoms with van der Waals surface area (Å²) in [5.74, 6) is 3.11. The van der Waals surface area contributed by atoms with Gasteiger partial charge in [0.05, 0.1) is 0 Å². The van der Waals surface area contributed by atoms with Crippen molar-refractivity contribution in [1.29, 1.82) is 0 Å². The molecular formula is C14H23ClN2S. The Hall–Kier alpha value is -0.220. The molecule has 1 heterocycles. The molecule has 2 nitrogen and oxygen atoms in total. The van der Waals surface area contributed by atoms with Gasteiger partial charge in [-0.15, -0.1) is 12.4 Å². The van der Waals surface area contributed by atoms with Crippen molar-refractivity contribution in [2.75, 3.05) is 31.9 Å². The fourth-order valence-corrected chi connectivity index (χ4v) is 3.23. The number of hydrogen-bond acceptors (Lipinski definition) is 3. The second-order valence-electron chi connectivity index (χ2n) is 4.73. The molecule has 0 aromatic heterocycles. The van der Waals surface area contributed by atoms with Gasteiger partial charge in [0, 0.05) is 24.6 Å². The SMILES string of the molecule is Cl.NCC1CCN(CCSCc2ccccc2)C1. The Kier molecular flexibility index (Phi) is 7.75. The zero-order chi connectivity index (χ0) is 11.9. The lowest BCUT2D eigenvalue weighted by atomic mass is 10.1. The number of hydrogen-bond donors (Lipinski definition) is 1. The standard InChI is InChI=1S/C14H22N2S.ClH/c15-10-14-6-7-16(11-14)8-9-17-12-13-4-2-1-3-5-13;/h1-5,14H,6-12,15H2;1H. The van der Waals surface area contributed by atoms with E-state index in [1.165, 1.54) is 37.4 Å². The molecule has 0 spiro atoms. The molecule has 1 aromatic carbocycles. The summed E-state index contributed by atoms with van der Waals surface area (Å²) in [6.45, 7) is 4.53. The lowest BCUT2D eigenvalue weighted by molar-refractivity contribution is 0.346. The van der Waals surface area contributed by atoms with Crippen LogP contribution in [0.15, 0.2) is 30.3 Å². The average Bonchev–Trinajstić information content (AvgIpc) is 2.84. The molecule has 2 rings (SSSR count). The van der Waals surface area contributed by atoms with Gasteiger partial charge in [-0.05, 0) is 31.0 Å². The van der Waals surface area contributed by atoms with Crippen molar-refractivity contribution in [2.45, 2.75) is 12.2 Å². The molecule has 0 bridgehead atoms. The van der Waals surface area contributed by atoms with Crippen LogP contribution in [0.2, 0.25) is 0 Å². The number of likely N-dealkylation sites (tertiary alicyclic amines) is 1. The summed E-state index contributed by atoms with van der Waals surface area (Å²) in [5.41, 5.74) is 7.12. The Labute approximate surface area is 121 Å². The molecule has 1 aromatic rings. The first-order chi connectivity index (χ1) is 8.38. The van der Waals surface area contributed by atoms with Crippen LogP contribution < -0.4 is 5.73 Å². The molecule has 102 valence electrons. The van der Waals surface area contributed by atoms with Crippen LogP contribution in [0, 0.1) is 5.92 Å². The van der Waals surface area contributed by atoms with Gasteiger partial charge >= 0.3 is 0 Å². The number of benzene rings is 1. The number of halogens is 1. The summed E-state index contributed by atoms with van der Waals surface area (Å²) in [6, 6.07) is 10.7. The van der Waals surface area contributed by atoms with Gasteiger partial charge in [0.15, 0.2) is 0 Å². The van der Waals surface area contributed by atoms with Crippen molar-refractivity contribution in [3.8, 4) is 0 Å². The summed E-state index contributed by atoms with van der Waals surface area (Å²) in [7, 11) is 0. The Morgan fingerprint density at radius 3 is 2.72 bits per heavy atom. The molecule has 0 radical (unpaired) electrons. The summed E-state index contributed by atoms with van der Waals surface area (Å²) in [4.78, 5) is 2.55. The molecule has 1 saturated heterocycles. The van der Waals surface area contributed by atoms with Crippen molar-refractivity contribution in [2.24, 2.45) is 11.7 Å². The molecule has 1 aliphatic rings. The van der Waals surface area contributed by atoms with Gasteiger partial charge in [-0.3, -0.25) is 0 Å². The van der Waals surface area contributed by atoms with Gasteiger partial charge in [0.25, 0.3) is 0 Å². The maximum absolute atomic E-state index is 5.69. The van der Waals surface area contributed by atoms with E-state index in [4.69, 9.17) is 5.73 Å². The molecule has 1 aliphatic heterocycles. The molecule has 0 amide bonds. The molecule has 18 heavy (non-hydrogen) atoms. The number of nitrogens with two attached hydrogens (primary N) is 1. The topological polar surface area (TPSA) is 29.3 Å². The highest BCUT2D eigenvalue weighted by molar-refractivity contribution is 7.98. The zero-order valence-corrected chi connectivity index (χ0v) is 12.4. The predicted octanol–water partition coefficient (Wildman–Crippen LogP) is 2.62. The fourth-order valence-electron chi connectivity index (χ4n) is 2.27. The summed E-state index contributed by atoms with van der Waals surface area (Å²) in [5, 5.41) is 0. The number of nitrogens with zero attached hydrogens (tertiary/aromatic N) is 1. The van der Waals surface area contributed by atoms with Crippen LogP contribution in [0.25, 0.3) is 0 Å². The van der Waals surface area contributed by atoms with Crippen molar-refractivity contribution in [3.63, 3.8) is 0 Å². The van der Waals surface area contributed by atoms with E-state index in [1.54, 1.807) is 0 Å². The number of thioether (sulfide) groups is 1. The molecule has 2 N–H and O–H groups in total. The van der Waals surface area contributed by atoms with Crippen LogP contribution >= 0.6 is 24.2 Å². The van der Waals surface area contributed by atoms with E-state index in [0.29, 0.717) is 0 Å². The van der Waals surface area contributed by atoms with E-state index in [0.717, 1.165) is 18.2 Å². The lowest BCUT2D eigenvalue weighted by Gasteiger charge is -2.15. The van der Waals surface area contributed by atoms with Crippen LogP contribution in [0.5, 0.6) is 0 Å². The maximum Gasteiger partial charge on any atom is 0.0185 e. The molecule has 0 aliphatic carbocycles. The lowest BCUT2D eigenvalue weighted by Crippen LogP contribution is -2.25. The van der Waals surface area contributed by atoms with Gasteiger partial charge in [-0.1, -0.05) is 30.3 Å². The van der Waals surface area contributed by atoms with E-state index in [-0.39, 0.29) is 12.4 Å². The zero-order valence-electron chi connectivity index (χ0n) is 10.8. The van der Waals surface area contributed by atoms with Crippen molar-refractivity contribution >= 4 is 24.2 Å². The second-order valence-corrected chi connectivity index (χ2v) is 5.83. The third kappa shape index (κ3) is 5.19. The third-order valence-electron chi connectivity index (χ3n) is 3.37. The molecular weight excluding hydrogens is 264 g/mol. The highest BCUT2D eigenvalue weighted by atomic mass is 35.5. The minimum atomic E-state index is 0. The monoisotopic (exact) mass is 286 g/mol. The first kappa shape index (κ1) is 15.8. The fraction of sp³-hybridized carbons (Fsp3) is 0.571. The molecule has 1 fully saturated rings. The predicted molar refractivity (Wildman–Crippen MR) is 83.5 cm³/mol. The summed E-state index contributed by atoms with van der Waals surface area (Å²) in [6.07, 6.45) is 1.29. The second kappa shape index (κ2) is 8.81. The molecule has 1 atom stereocenters. The Morgan fingerprint density at radius 1 is 1.28 bits per heavy atom. The van der Waals surface area contributed by atoms with E-state index in [2.05, 4.69) is 35.2 Å². The van der Waals surface area contributed by atoms with Gasteiger partial charge in [0.2, 0.25) is 0 Å². The summed E-state index contributed by atoms with van der Waals surface area (Å²) < 4.78 is 0. The first-order valence-electron chi connectivity index (χ1n) is 6.42. The molecule has 4 heteroatoms. The highest BCUT2D eigenvalue weighted by Crippen LogP contribution is 2.16. The minimum Gasteiger partial charge on any atom is -0.330 e. The Bertz CT molecular complexity index is 321. The smallest absolute Gasteiger partial charge is 0.0185 e. The minimum absolute atomic E-state index is 0. The van der Waals surface area contributed by atoms with Crippen LogP contribution in [-0.4, -0.2) is 36.8 Å². The average molecular weight is 287 g/mol. The van der Waals surface area contributed by atoms with Crippen LogP contribution in [0.3, 0.4) is 0 Å². The molecule has 0 saturated carbocycles.